The lowest BCUT2D eigenvalue weighted by Crippen LogP contribution is -2.14. The van der Waals surface area contributed by atoms with E-state index in [2.05, 4.69) is 25.6 Å². The fourth-order valence-electron chi connectivity index (χ4n) is 2.36. The summed E-state index contributed by atoms with van der Waals surface area (Å²) >= 11 is 1.41. The molecule has 0 radical (unpaired) electrons. The number of para-hydroxylation sites is 1. The number of benzene rings is 2. The number of aromatic nitrogens is 3. The van der Waals surface area contributed by atoms with Crippen molar-refractivity contribution >= 4 is 40.9 Å². The van der Waals surface area contributed by atoms with Gasteiger partial charge >= 0.3 is 0 Å². The van der Waals surface area contributed by atoms with Crippen LogP contribution in [0.2, 0.25) is 0 Å². The molecule has 0 aliphatic carbocycles. The first kappa shape index (κ1) is 18.7. The Morgan fingerprint density at radius 3 is 2.59 bits per heavy atom. The van der Waals surface area contributed by atoms with Crippen LogP contribution in [0.15, 0.2) is 54.6 Å². The van der Waals surface area contributed by atoms with Crippen LogP contribution in [0.1, 0.15) is 11.4 Å². The van der Waals surface area contributed by atoms with Crippen molar-refractivity contribution < 1.29 is 4.79 Å². The molecule has 4 N–H and O–H groups in total. The zero-order chi connectivity index (χ0) is 19.1. The molecule has 1 amide bonds. The monoisotopic (exact) mass is 380 g/mol. The van der Waals surface area contributed by atoms with E-state index in [1.165, 1.54) is 11.8 Å². The van der Waals surface area contributed by atoms with Crippen molar-refractivity contribution in [3.05, 3.63) is 66.0 Å². The molecule has 27 heavy (non-hydrogen) atoms. The predicted octanol–water partition coefficient (Wildman–Crippen LogP) is 3.38. The molecule has 8 heteroatoms. The lowest BCUT2D eigenvalue weighted by atomic mass is 10.2. The van der Waals surface area contributed by atoms with Crippen LogP contribution >= 0.6 is 11.8 Å². The SMILES string of the molecule is Cc1cccc(NC(=O)CSCc2nc(N)nc(Nc3ccccc3)n2)c1. The molecule has 7 nitrogen and oxygen atoms in total. The van der Waals surface area contributed by atoms with Gasteiger partial charge < -0.3 is 16.4 Å². The summed E-state index contributed by atoms with van der Waals surface area (Å²) in [5, 5.41) is 5.97. The Bertz CT molecular complexity index is 919. The van der Waals surface area contributed by atoms with E-state index in [1.807, 2.05) is 61.5 Å². The maximum atomic E-state index is 12.1. The molecule has 3 aromatic rings. The van der Waals surface area contributed by atoms with Gasteiger partial charge in [0.1, 0.15) is 5.82 Å². The number of nitrogen functional groups attached to an aromatic ring is 1. The van der Waals surface area contributed by atoms with Gasteiger partial charge in [-0.2, -0.15) is 15.0 Å². The van der Waals surface area contributed by atoms with Crippen molar-refractivity contribution in [2.24, 2.45) is 0 Å². The molecule has 0 bridgehead atoms. The summed E-state index contributed by atoms with van der Waals surface area (Å²) in [6, 6.07) is 17.3. The van der Waals surface area contributed by atoms with Crippen molar-refractivity contribution in [3.63, 3.8) is 0 Å². The fourth-order valence-corrected chi connectivity index (χ4v) is 3.04. The van der Waals surface area contributed by atoms with Gasteiger partial charge in [-0.15, -0.1) is 11.8 Å². The number of hydrogen-bond acceptors (Lipinski definition) is 7. The van der Waals surface area contributed by atoms with Gasteiger partial charge in [0.05, 0.1) is 11.5 Å². The van der Waals surface area contributed by atoms with Crippen LogP contribution in [0.25, 0.3) is 0 Å². The Balaban J connectivity index is 1.54. The topological polar surface area (TPSA) is 106 Å². The average molecular weight is 380 g/mol. The summed E-state index contributed by atoms with van der Waals surface area (Å²) in [6.45, 7) is 1.98. The molecule has 0 fully saturated rings. The largest absolute Gasteiger partial charge is 0.368 e. The molecule has 0 aliphatic rings. The number of carbonyl (C=O) groups is 1. The highest BCUT2D eigenvalue weighted by Crippen LogP contribution is 2.16. The molecular formula is C19H20N6OS. The molecule has 1 heterocycles. The van der Waals surface area contributed by atoms with Crippen molar-refractivity contribution in [3.8, 4) is 0 Å². The molecule has 0 atom stereocenters. The number of hydrogen-bond donors (Lipinski definition) is 3. The molecule has 0 saturated heterocycles. The highest BCUT2D eigenvalue weighted by Gasteiger charge is 2.08. The molecule has 0 aliphatic heterocycles. The number of aryl methyl sites for hydroxylation is 1. The Morgan fingerprint density at radius 1 is 1.04 bits per heavy atom. The first-order valence-electron chi connectivity index (χ1n) is 8.35. The Kier molecular flexibility index (Phi) is 6.22. The lowest BCUT2D eigenvalue weighted by molar-refractivity contribution is -0.113. The van der Waals surface area contributed by atoms with Crippen molar-refractivity contribution in [2.75, 3.05) is 22.1 Å². The first-order chi connectivity index (χ1) is 13.1. The van der Waals surface area contributed by atoms with Crippen molar-refractivity contribution in [2.45, 2.75) is 12.7 Å². The van der Waals surface area contributed by atoms with Crippen LogP contribution in [0.3, 0.4) is 0 Å². The highest BCUT2D eigenvalue weighted by atomic mass is 32.2. The minimum atomic E-state index is -0.0738. The summed E-state index contributed by atoms with van der Waals surface area (Å²) < 4.78 is 0. The van der Waals surface area contributed by atoms with Gasteiger partial charge in [-0.25, -0.2) is 0 Å². The molecule has 0 saturated carbocycles. The van der Waals surface area contributed by atoms with Crippen LogP contribution in [0.4, 0.5) is 23.3 Å². The molecule has 138 valence electrons. The number of nitrogens with zero attached hydrogens (tertiary/aromatic N) is 3. The molecular weight excluding hydrogens is 360 g/mol. The van der Waals surface area contributed by atoms with E-state index in [0.29, 0.717) is 23.3 Å². The van der Waals surface area contributed by atoms with E-state index in [-0.39, 0.29) is 11.9 Å². The lowest BCUT2D eigenvalue weighted by Gasteiger charge is -2.08. The number of nitrogens with two attached hydrogens (primary N) is 1. The minimum absolute atomic E-state index is 0.0738. The summed E-state index contributed by atoms with van der Waals surface area (Å²) in [6.07, 6.45) is 0. The van der Waals surface area contributed by atoms with Gasteiger partial charge in [0.25, 0.3) is 0 Å². The van der Waals surface area contributed by atoms with E-state index in [4.69, 9.17) is 5.73 Å². The van der Waals surface area contributed by atoms with Crippen LogP contribution in [-0.4, -0.2) is 26.6 Å². The van der Waals surface area contributed by atoms with Crippen LogP contribution in [0.5, 0.6) is 0 Å². The van der Waals surface area contributed by atoms with Gasteiger partial charge in [0.15, 0.2) is 0 Å². The predicted molar refractivity (Wildman–Crippen MR) is 110 cm³/mol. The third-order valence-corrected chi connectivity index (χ3v) is 4.42. The van der Waals surface area contributed by atoms with Crippen molar-refractivity contribution in [1.82, 2.24) is 15.0 Å². The average Bonchev–Trinajstić information content (AvgIpc) is 2.62. The second-order valence-electron chi connectivity index (χ2n) is 5.83. The zero-order valence-corrected chi connectivity index (χ0v) is 15.7. The smallest absolute Gasteiger partial charge is 0.234 e. The molecule has 0 spiro atoms. The number of thioether (sulfide) groups is 1. The molecule has 2 aromatic carbocycles. The quantitative estimate of drug-likeness (QED) is 0.577. The normalized spacial score (nSPS) is 10.4. The minimum Gasteiger partial charge on any atom is -0.368 e. The van der Waals surface area contributed by atoms with Crippen molar-refractivity contribution in [1.29, 1.82) is 0 Å². The standard InChI is InChI=1S/C19H20N6OS/c1-13-6-5-9-15(10-13)21-17(26)12-27-11-16-23-18(20)25-19(24-16)22-14-7-3-2-4-8-14/h2-10H,11-12H2,1H3,(H,21,26)(H3,20,22,23,24,25). The third-order valence-electron chi connectivity index (χ3n) is 3.50. The van der Waals surface area contributed by atoms with E-state index >= 15 is 0 Å². The number of carbonyl (C=O) groups excluding carboxylic acids is 1. The zero-order valence-electron chi connectivity index (χ0n) is 14.8. The summed E-state index contributed by atoms with van der Waals surface area (Å²) in [5.41, 5.74) is 8.52. The Labute approximate surface area is 161 Å². The third kappa shape index (κ3) is 5.96. The summed E-state index contributed by atoms with van der Waals surface area (Å²) in [5.74, 6) is 1.72. The van der Waals surface area contributed by atoms with E-state index in [0.717, 1.165) is 16.9 Å². The van der Waals surface area contributed by atoms with Gasteiger partial charge in [0, 0.05) is 11.4 Å². The molecule has 1 aromatic heterocycles. The van der Waals surface area contributed by atoms with Gasteiger partial charge in [0.2, 0.25) is 17.8 Å². The molecule has 3 rings (SSSR count). The number of rotatable bonds is 7. The maximum absolute atomic E-state index is 12.1. The second kappa shape index (κ2) is 9.00. The second-order valence-corrected chi connectivity index (χ2v) is 6.82. The Hall–Kier alpha value is -3.13. The molecule has 0 unspecified atom stereocenters. The highest BCUT2D eigenvalue weighted by molar-refractivity contribution is 7.99. The van der Waals surface area contributed by atoms with Gasteiger partial charge in [-0.1, -0.05) is 30.3 Å². The number of anilines is 4. The van der Waals surface area contributed by atoms with E-state index in [1.54, 1.807) is 0 Å². The fraction of sp³-hybridized carbons (Fsp3) is 0.158. The maximum Gasteiger partial charge on any atom is 0.234 e. The van der Waals surface area contributed by atoms with Crippen LogP contribution in [-0.2, 0) is 10.5 Å². The summed E-state index contributed by atoms with van der Waals surface area (Å²) in [7, 11) is 0. The van der Waals surface area contributed by atoms with E-state index < -0.39 is 0 Å². The number of amides is 1. The van der Waals surface area contributed by atoms with Crippen LogP contribution < -0.4 is 16.4 Å². The van der Waals surface area contributed by atoms with Crippen LogP contribution in [0, 0.1) is 6.92 Å². The summed E-state index contributed by atoms with van der Waals surface area (Å²) in [4.78, 5) is 24.6. The van der Waals surface area contributed by atoms with Gasteiger partial charge in [-0.05, 0) is 36.8 Å². The van der Waals surface area contributed by atoms with Gasteiger partial charge in [-0.3, -0.25) is 4.79 Å². The van der Waals surface area contributed by atoms with E-state index in [9.17, 15) is 4.79 Å². The Morgan fingerprint density at radius 2 is 1.81 bits per heavy atom. The number of nitrogens with one attached hydrogen (secondary N) is 2. The first-order valence-corrected chi connectivity index (χ1v) is 9.51.